The molecule has 2 unspecified atom stereocenters. The van der Waals surface area contributed by atoms with E-state index in [9.17, 15) is 4.79 Å². The summed E-state index contributed by atoms with van der Waals surface area (Å²) in [5.41, 5.74) is 0. The highest BCUT2D eigenvalue weighted by molar-refractivity contribution is 5.78. The minimum atomic E-state index is 0.289. The Kier molecular flexibility index (Phi) is 2.87. The van der Waals surface area contributed by atoms with E-state index in [1.165, 1.54) is 0 Å². The van der Waals surface area contributed by atoms with Gasteiger partial charge in [-0.25, -0.2) is 0 Å². The van der Waals surface area contributed by atoms with Crippen LogP contribution in [0.25, 0.3) is 0 Å². The summed E-state index contributed by atoms with van der Waals surface area (Å²) in [7, 11) is 0. The molecule has 3 nitrogen and oxygen atoms in total. The predicted octanol–water partition coefficient (Wildman–Crippen LogP) is 0.630. The number of nitrogens with zero attached hydrogens (tertiary/aromatic N) is 1. The van der Waals surface area contributed by atoms with Crippen LogP contribution in [0.2, 0.25) is 0 Å². The molecular formula is C11H18N2O. The summed E-state index contributed by atoms with van der Waals surface area (Å²) >= 11 is 0. The van der Waals surface area contributed by atoms with Crippen LogP contribution in [0.3, 0.4) is 0 Å². The van der Waals surface area contributed by atoms with E-state index in [0.29, 0.717) is 18.3 Å². The summed E-state index contributed by atoms with van der Waals surface area (Å²) < 4.78 is 0. The standard InChI is InChI=1S/C11H18N2O/c1-2-3-4-11(14)13-7-9-5-12-6-10(9)8-13/h2-3,9-10,12H,4-8H2,1H3. The fraction of sp³-hybridized carbons (Fsp3) is 0.727. The first-order valence-electron chi connectivity index (χ1n) is 5.41. The largest absolute Gasteiger partial charge is 0.342 e. The molecule has 2 heterocycles. The van der Waals surface area contributed by atoms with E-state index in [4.69, 9.17) is 0 Å². The van der Waals surface area contributed by atoms with E-state index in [1.807, 2.05) is 24.0 Å². The molecule has 2 aliphatic heterocycles. The minimum absolute atomic E-state index is 0.289. The summed E-state index contributed by atoms with van der Waals surface area (Å²) in [5, 5.41) is 3.37. The Morgan fingerprint density at radius 2 is 2.07 bits per heavy atom. The number of rotatable bonds is 2. The SMILES string of the molecule is CC=CCC(=O)N1CC2CNCC2C1. The van der Waals surface area contributed by atoms with Gasteiger partial charge in [0.05, 0.1) is 0 Å². The fourth-order valence-electron chi connectivity index (χ4n) is 2.41. The monoisotopic (exact) mass is 194 g/mol. The van der Waals surface area contributed by atoms with Crippen molar-refractivity contribution in [3.63, 3.8) is 0 Å². The number of likely N-dealkylation sites (tertiary alicyclic amines) is 1. The van der Waals surface area contributed by atoms with Gasteiger partial charge in [0.15, 0.2) is 0 Å². The Morgan fingerprint density at radius 1 is 1.43 bits per heavy atom. The molecule has 2 atom stereocenters. The van der Waals surface area contributed by atoms with Crippen molar-refractivity contribution >= 4 is 5.91 Å². The van der Waals surface area contributed by atoms with Gasteiger partial charge in [0.2, 0.25) is 5.91 Å². The normalized spacial score (nSPS) is 31.4. The summed E-state index contributed by atoms with van der Waals surface area (Å²) in [6.07, 6.45) is 4.45. The number of fused-ring (bicyclic) bond motifs is 1. The molecule has 0 aromatic heterocycles. The molecule has 3 heteroatoms. The van der Waals surface area contributed by atoms with E-state index < -0.39 is 0 Å². The van der Waals surface area contributed by atoms with Gasteiger partial charge >= 0.3 is 0 Å². The Balaban J connectivity index is 1.86. The number of amides is 1. The van der Waals surface area contributed by atoms with Crippen LogP contribution in [0.4, 0.5) is 0 Å². The van der Waals surface area contributed by atoms with Gasteiger partial charge in [0.1, 0.15) is 0 Å². The highest BCUT2D eigenvalue weighted by Crippen LogP contribution is 2.26. The zero-order valence-corrected chi connectivity index (χ0v) is 8.70. The molecule has 0 spiro atoms. The maximum atomic E-state index is 11.7. The molecule has 2 rings (SSSR count). The second-order valence-electron chi connectivity index (χ2n) is 4.25. The number of carbonyl (C=O) groups excluding carboxylic acids is 1. The minimum Gasteiger partial charge on any atom is -0.342 e. The third kappa shape index (κ3) is 1.82. The van der Waals surface area contributed by atoms with Gasteiger partial charge in [0, 0.05) is 32.6 Å². The lowest BCUT2D eigenvalue weighted by Crippen LogP contribution is -2.31. The van der Waals surface area contributed by atoms with Gasteiger partial charge in [-0.05, 0) is 18.8 Å². The van der Waals surface area contributed by atoms with Gasteiger partial charge in [-0.2, -0.15) is 0 Å². The Labute approximate surface area is 85.2 Å². The average molecular weight is 194 g/mol. The molecule has 2 aliphatic rings. The molecule has 0 bridgehead atoms. The molecule has 0 radical (unpaired) electrons. The molecule has 0 aliphatic carbocycles. The molecule has 2 fully saturated rings. The van der Waals surface area contributed by atoms with Gasteiger partial charge < -0.3 is 10.2 Å². The zero-order valence-electron chi connectivity index (χ0n) is 8.70. The van der Waals surface area contributed by atoms with E-state index in [1.54, 1.807) is 0 Å². The topological polar surface area (TPSA) is 32.3 Å². The van der Waals surface area contributed by atoms with Crippen molar-refractivity contribution in [2.45, 2.75) is 13.3 Å². The Hall–Kier alpha value is -0.830. The second-order valence-corrected chi connectivity index (χ2v) is 4.25. The lowest BCUT2D eigenvalue weighted by molar-refractivity contribution is -0.129. The quantitative estimate of drug-likeness (QED) is 0.654. The first-order valence-corrected chi connectivity index (χ1v) is 5.41. The molecule has 14 heavy (non-hydrogen) atoms. The first-order chi connectivity index (χ1) is 6.81. The van der Waals surface area contributed by atoms with Crippen molar-refractivity contribution in [3.8, 4) is 0 Å². The average Bonchev–Trinajstić information content (AvgIpc) is 2.72. The lowest BCUT2D eigenvalue weighted by atomic mass is 10.0. The lowest BCUT2D eigenvalue weighted by Gasteiger charge is -2.16. The molecule has 2 saturated heterocycles. The van der Waals surface area contributed by atoms with Crippen LogP contribution < -0.4 is 5.32 Å². The van der Waals surface area contributed by atoms with Crippen LogP contribution in [0.5, 0.6) is 0 Å². The molecule has 1 amide bonds. The third-order valence-corrected chi connectivity index (χ3v) is 3.27. The summed E-state index contributed by atoms with van der Waals surface area (Å²) in [6.45, 7) is 6.08. The van der Waals surface area contributed by atoms with Gasteiger partial charge in [0.25, 0.3) is 0 Å². The highest BCUT2D eigenvalue weighted by Gasteiger charge is 2.37. The van der Waals surface area contributed by atoms with Crippen molar-refractivity contribution in [1.29, 1.82) is 0 Å². The van der Waals surface area contributed by atoms with E-state index in [2.05, 4.69) is 5.32 Å². The van der Waals surface area contributed by atoms with E-state index >= 15 is 0 Å². The Morgan fingerprint density at radius 3 is 2.64 bits per heavy atom. The van der Waals surface area contributed by atoms with Crippen molar-refractivity contribution in [2.24, 2.45) is 11.8 Å². The summed E-state index contributed by atoms with van der Waals surface area (Å²) in [6, 6.07) is 0. The van der Waals surface area contributed by atoms with Crippen molar-refractivity contribution < 1.29 is 4.79 Å². The van der Waals surface area contributed by atoms with Gasteiger partial charge in [-0.3, -0.25) is 4.79 Å². The number of nitrogens with one attached hydrogen (secondary N) is 1. The molecule has 0 saturated carbocycles. The third-order valence-electron chi connectivity index (χ3n) is 3.27. The van der Waals surface area contributed by atoms with Crippen LogP contribution in [0, 0.1) is 11.8 Å². The van der Waals surface area contributed by atoms with E-state index in [-0.39, 0.29) is 5.91 Å². The van der Waals surface area contributed by atoms with Crippen molar-refractivity contribution in [1.82, 2.24) is 10.2 Å². The molecule has 0 aromatic carbocycles. The van der Waals surface area contributed by atoms with E-state index in [0.717, 1.165) is 26.2 Å². The first kappa shape index (κ1) is 9.71. The maximum Gasteiger partial charge on any atom is 0.226 e. The maximum absolute atomic E-state index is 11.7. The molecule has 78 valence electrons. The number of allylic oxidation sites excluding steroid dienone is 1. The number of hydrogen-bond acceptors (Lipinski definition) is 2. The molecule has 1 N–H and O–H groups in total. The predicted molar refractivity (Wildman–Crippen MR) is 55.9 cm³/mol. The molecule has 0 aromatic rings. The smallest absolute Gasteiger partial charge is 0.226 e. The molecular weight excluding hydrogens is 176 g/mol. The van der Waals surface area contributed by atoms with Gasteiger partial charge in [-0.1, -0.05) is 12.2 Å². The second kappa shape index (κ2) is 4.13. The van der Waals surface area contributed by atoms with Crippen molar-refractivity contribution in [2.75, 3.05) is 26.2 Å². The Bertz CT molecular complexity index is 238. The van der Waals surface area contributed by atoms with Crippen LogP contribution in [-0.2, 0) is 4.79 Å². The van der Waals surface area contributed by atoms with Crippen LogP contribution >= 0.6 is 0 Å². The zero-order chi connectivity index (χ0) is 9.97. The number of carbonyl (C=O) groups is 1. The van der Waals surface area contributed by atoms with Crippen LogP contribution in [0.1, 0.15) is 13.3 Å². The highest BCUT2D eigenvalue weighted by atomic mass is 16.2. The summed E-state index contributed by atoms with van der Waals surface area (Å²) in [5.74, 6) is 1.71. The summed E-state index contributed by atoms with van der Waals surface area (Å²) in [4.78, 5) is 13.7. The van der Waals surface area contributed by atoms with Crippen molar-refractivity contribution in [3.05, 3.63) is 12.2 Å². The van der Waals surface area contributed by atoms with Crippen LogP contribution in [-0.4, -0.2) is 37.0 Å². The fourth-order valence-corrected chi connectivity index (χ4v) is 2.41. The number of hydrogen-bond donors (Lipinski definition) is 1. The van der Waals surface area contributed by atoms with Crippen LogP contribution in [0.15, 0.2) is 12.2 Å². The van der Waals surface area contributed by atoms with Gasteiger partial charge in [-0.15, -0.1) is 0 Å².